The molecular weight excluding hydrogens is 1370 g/mol. The second-order valence-corrected chi connectivity index (χ2v) is 39.3. The van der Waals surface area contributed by atoms with Gasteiger partial charge in [0.15, 0.2) is 49.2 Å². The normalized spacial score (nSPS) is 15.5. The maximum atomic E-state index is 12.4. The number of sulfone groups is 5. The molecular formula is C80H108N2O12S6. The molecule has 100 heavy (non-hydrogen) atoms. The predicted octanol–water partition coefficient (Wildman–Crippen LogP) is 15.2. The third kappa shape index (κ3) is 24.7. The van der Waals surface area contributed by atoms with Crippen LogP contribution in [0.5, 0.6) is 0 Å². The summed E-state index contributed by atoms with van der Waals surface area (Å²) in [6.45, 7) is 7.75. The van der Waals surface area contributed by atoms with Crippen molar-refractivity contribution in [2.24, 2.45) is 10.9 Å². The maximum absolute atomic E-state index is 12.4. The minimum Gasteiger partial charge on any atom is -0.317 e. The van der Waals surface area contributed by atoms with Gasteiger partial charge in [0.2, 0.25) is 10.0 Å². The summed E-state index contributed by atoms with van der Waals surface area (Å²) < 4.78 is 142. The molecule has 6 aliphatic rings. The van der Waals surface area contributed by atoms with Gasteiger partial charge in [-0.05, 0) is 313 Å². The highest BCUT2D eigenvalue weighted by Gasteiger charge is 2.23. The van der Waals surface area contributed by atoms with Gasteiger partial charge < -0.3 is 5.73 Å². The van der Waals surface area contributed by atoms with Crippen LogP contribution in [-0.4, -0.2) is 79.4 Å². The van der Waals surface area contributed by atoms with Crippen LogP contribution in [-0.2, 0) is 136 Å². The first-order valence-corrected chi connectivity index (χ1v) is 46.2. The molecule has 12 rings (SSSR count). The van der Waals surface area contributed by atoms with E-state index in [1.165, 1.54) is 132 Å². The van der Waals surface area contributed by atoms with E-state index in [4.69, 9.17) is 17.3 Å². The summed E-state index contributed by atoms with van der Waals surface area (Å²) in [4.78, 5) is 2.55. The molecule has 0 unspecified atom stereocenters. The Kier molecular flexibility index (Phi) is 32.0. The Morgan fingerprint density at radius 3 is 0.870 bits per heavy atom. The molecule has 0 bridgehead atoms. The van der Waals surface area contributed by atoms with E-state index in [-0.39, 0.29) is 34.5 Å². The van der Waals surface area contributed by atoms with E-state index in [9.17, 15) is 50.5 Å². The predicted molar refractivity (Wildman–Crippen MR) is 406 cm³/mol. The van der Waals surface area contributed by atoms with Crippen LogP contribution in [0.25, 0.3) is 0 Å². The van der Waals surface area contributed by atoms with Gasteiger partial charge in [-0.15, -0.1) is 18.9 Å². The number of fused-ring (bicyclic) bond motifs is 6. The molecule has 4 N–H and O–H groups in total. The molecule has 6 aromatic rings. The van der Waals surface area contributed by atoms with E-state index < -0.39 is 59.2 Å². The number of benzene rings is 6. The molecule has 0 spiro atoms. The smallest absolute Gasteiger partial charge is 0.238 e. The van der Waals surface area contributed by atoms with Gasteiger partial charge in [-0.1, -0.05) is 88.4 Å². The standard InChI is InChI=1S/C17H26O2S.C14H20O2S.C14H18O2S.C14H16O2S.C11H15NO2S.C10H13NO2S/c1-2-3-4-5-8-13-20(18,19)17-12-11-15-9-6-7-10-16(15)14-17;3*1-2-3-10-17(15,16)14-9-8-12-6-4-5-7-13(12)11-14;12-8-15(13,14)11-6-5-9-3-1-2-4-10(9)7-11;11-14(12,13)10-6-5-8-3-1-2-4-9(8)7-10/h11-12,14H,2-10,13H2,1H3;8-9,11H,2-7,10H2,1H3;2,8-9,11H,1,3-7,10H2;1,8-9,11H,3-7,10H2;5-7H,1-4,8,12H2;5-7H,1-4H2,(H2,11,12,13). The molecule has 0 radical (unpaired) electrons. The van der Waals surface area contributed by atoms with Crippen molar-refractivity contribution in [2.75, 3.05) is 28.9 Å². The van der Waals surface area contributed by atoms with E-state index in [1.807, 2.05) is 73.7 Å². The zero-order valence-corrected chi connectivity index (χ0v) is 64.0. The van der Waals surface area contributed by atoms with Crippen molar-refractivity contribution in [1.29, 1.82) is 0 Å². The average Bonchev–Trinajstić information content (AvgIpc) is 0.856. The zero-order chi connectivity index (χ0) is 72.4. The lowest BCUT2D eigenvalue weighted by atomic mass is 9.92. The Labute approximate surface area is 601 Å². The van der Waals surface area contributed by atoms with Crippen LogP contribution >= 0.6 is 0 Å². The lowest BCUT2D eigenvalue weighted by Gasteiger charge is -2.16. The molecule has 20 heteroatoms. The van der Waals surface area contributed by atoms with Crippen LogP contribution in [0.3, 0.4) is 0 Å². The molecule has 0 heterocycles. The van der Waals surface area contributed by atoms with Gasteiger partial charge in [-0.2, -0.15) is 0 Å². The quantitative estimate of drug-likeness (QED) is 0.0386. The summed E-state index contributed by atoms with van der Waals surface area (Å²) in [5.74, 6) is 2.85. The van der Waals surface area contributed by atoms with E-state index in [0.29, 0.717) is 36.7 Å². The van der Waals surface area contributed by atoms with Gasteiger partial charge in [-0.25, -0.2) is 55.6 Å². The van der Waals surface area contributed by atoms with E-state index >= 15 is 0 Å². The van der Waals surface area contributed by atoms with Crippen molar-refractivity contribution in [3.63, 3.8) is 0 Å². The molecule has 0 aromatic heterocycles. The van der Waals surface area contributed by atoms with E-state index in [0.717, 1.165) is 134 Å². The highest BCUT2D eigenvalue weighted by molar-refractivity contribution is 7.92. The number of hydrogen-bond donors (Lipinski definition) is 2. The summed E-state index contributed by atoms with van der Waals surface area (Å²) in [5, 5.41) is 5.06. The molecule has 6 aromatic carbocycles. The number of sulfonamides is 1. The molecule has 6 aliphatic carbocycles. The van der Waals surface area contributed by atoms with Crippen molar-refractivity contribution in [2.45, 2.75) is 255 Å². The molecule has 0 amide bonds. The first-order chi connectivity index (χ1) is 47.7. The fourth-order valence-corrected chi connectivity index (χ4v) is 20.4. The van der Waals surface area contributed by atoms with Gasteiger partial charge in [0, 0.05) is 6.42 Å². The summed E-state index contributed by atoms with van der Waals surface area (Å²) in [6.07, 6.45) is 41.4. The van der Waals surface area contributed by atoms with Crippen molar-refractivity contribution in [1.82, 2.24) is 0 Å². The van der Waals surface area contributed by atoms with Gasteiger partial charge >= 0.3 is 0 Å². The number of terminal acetylenes is 1. The van der Waals surface area contributed by atoms with Crippen LogP contribution in [0.15, 0.2) is 151 Å². The summed E-state index contributed by atoms with van der Waals surface area (Å²) in [7, 11) is -19.3. The van der Waals surface area contributed by atoms with E-state index in [1.54, 1.807) is 48.5 Å². The molecule has 546 valence electrons. The summed E-state index contributed by atoms with van der Waals surface area (Å²) in [6, 6.07) is 33.2. The summed E-state index contributed by atoms with van der Waals surface area (Å²) in [5.41, 5.74) is 20.3. The minimum atomic E-state index is -3.54. The minimum absolute atomic E-state index is 0.0439. The van der Waals surface area contributed by atoms with Crippen LogP contribution < -0.4 is 10.9 Å². The largest absolute Gasteiger partial charge is 0.317 e. The third-order valence-corrected chi connectivity index (χ3v) is 29.0. The Morgan fingerprint density at radius 2 is 0.590 bits per heavy atom. The van der Waals surface area contributed by atoms with Crippen molar-refractivity contribution >= 4 is 59.2 Å². The third-order valence-electron chi connectivity index (χ3n) is 19.7. The second-order valence-electron chi connectivity index (χ2n) is 27.2. The van der Waals surface area contributed by atoms with Crippen LogP contribution in [0.2, 0.25) is 0 Å². The lowest BCUT2D eigenvalue weighted by Crippen LogP contribution is -2.15. The molecule has 0 saturated heterocycles. The first-order valence-electron chi connectivity index (χ1n) is 36.4. The number of nitrogens with two attached hydrogens (primary N) is 2. The maximum Gasteiger partial charge on any atom is 0.238 e. The van der Waals surface area contributed by atoms with Crippen molar-refractivity contribution < 1.29 is 50.5 Å². The van der Waals surface area contributed by atoms with Crippen LogP contribution in [0.1, 0.15) is 215 Å². The van der Waals surface area contributed by atoms with Crippen molar-refractivity contribution in [3.8, 4) is 12.3 Å². The van der Waals surface area contributed by atoms with Crippen LogP contribution in [0, 0.1) is 12.3 Å². The number of aryl methyl sites for hydroxylation is 12. The zero-order valence-electron chi connectivity index (χ0n) is 59.1. The first kappa shape index (κ1) is 81.5. The van der Waals surface area contributed by atoms with Gasteiger partial charge in [0.05, 0.1) is 52.4 Å². The van der Waals surface area contributed by atoms with Crippen molar-refractivity contribution in [3.05, 3.63) is 189 Å². The lowest BCUT2D eigenvalue weighted by molar-refractivity contribution is 0.585. The highest BCUT2D eigenvalue weighted by atomic mass is 32.2. The Balaban J connectivity index is 0.000000169. The average molecular weight is 1480 g/mol. The number of rotatable bonds is 21. The Bertz CT molecular complexity index is 4480. The monoisotopic (exact) mass is 1480 g/mol. The van der Waals surface area contributed by atoms with Gasteiger partial charge in [0.1, 0.15) is 5.88 Å². The fraction of sp³-hybridized carbons (Fsp3) is 0.500. The molecule has 0 aliphatic heterocycles. The molecule has 0 atom stereocenters. The second kappa shape index (κ2) is 39.2. The highest BCUT2D eigenvalue weighted by Crippen LogP contribution is 2.31. The number of allylic oxidation sites excluding steroid dienone is 1. The Hall–Kier alpha value is -5.76. The Morgan fingerprint density at radius 1 is 0.340 bits per heavy atom. The molecule has 14 nitrogen and oxygen atoms in total. The van der Waals surface area contributed by atoms with Gasteiger partial charge in [-0.3, -0.25) is 0 Å². The fourth-order valence-electron chi connectivity index (χ4n) is 13.6. The number of primary sulfonamides is 1. The molecule has 0 saturated carbocycles. The molecule has 0 fully saturated rings. The van der Waals surface area contributed by atoms with E-state index in [2.05, 4.69) is 19.4 Å². The van der Waals surface area contributed by atoms with Gasteiger partial charge in [0.25, 0.3) is 0 Å². The number of unbranched alkanes of at least 4 members (excludes halogenated alkanes) is 5. The summed E-state index contributed by atoms with van der Waals surface area (Å²) >= 11 is 0. The topological polar surface area (TPSA) is 257 Å². The number of hydrogen-bond acceptors (Lipinski definition) is 13. The van der Waals surface area contributed by atoms with Crippen LogP contribution in [0.4, 0.5) is 0 Å². The SMILES string of the molecule is C#CCCS(=O)(=O)c1ccc2c(c1)CCCC2.C=CCCS(=O)(=O)c1ccc2c(c1)CCCC2.CCCCCCCS(=O)(=O)c1ccc2c(c1)CCCC2.CCCCS(=O)(=O)c1ccc2c(c1)CCCC2.NCS(=O)(=O)c1ccc2c(c1)CCCC2.NS(=O)(=O)c1ccc2c(c1)CCCC2.